The molecule has 3 aromatic carbocycles. The third kappa shape index (κ3) is 4.33. The van der Waals surface area contributed by atoms with Crippen molar-refractivity contribution in [1.82, 2.24) is 19.4 Å². The van der Waals surface area contributed by atoms with E-state index < -0.39 is 17.8 Å². The van der Waals surface area contributed by atoms with Crippen molar-refractivity contribution < 1.29 is 9.18 Å². The molecule has 0 saturated carbocycles. The number of alkyl halides is 1. The van der Waals surface area contributed by atoms with E-state index in [1.165, 1.54) is 12.4 Å². The van der Waals surface area contributed by atoms with Crippen molar-refractivity contribution in [3.63, 3.8) is 0 Å². The Morgan fingerprint density at radius 3 is 2.02 bits per heavy atom. The van der Waals surface area contributed by atoms with Crippen LogP contribution in [0.25, 0.3) is 11.0 Å². The van der Waals surface area contributed by atoms with Gasteiger partial charge in [-0.2, -0.15) is 0 Å². The molecule has 0 unspecified atom stereocenters. The van der Waals surface area contributed by atoms with E-state index in [4.69, 9.17) is 4.98 Å². The maximum atomic E-state index is 15.1. The van der Waals surface area contributed by atoms with Gasteiger partial charge in [-0.1, -0.05) is 97.6 Å². The third-order valence-corrected chi connectivity index (χ3v) is 7.75. The molecule has 7 heteroatoms. The van der Waals surface area contributed by atoms with Crippen LogP contribution in [0, 0.1) is 0 Å². The van der Waals surface area contributed by atoms with E-state index >= 15 is 4.39 Å². The van der Waals surface area contributed by atoms with E-state index in [0.29, 0.717) is 18.0 Å². The summed E-state index contributed by atoms with van der Waals surface area (Å²) in [6.45, 7) is 4.18. The minimum atomic E-state index is -1.11. The molecule has 2 aromatic heterocycles. The molecule has 2 atom stereocenters. The first-order chi connectivity index (χ1) is 19.6. The third-order valence-electron chi connectivity index (χ3n) is 7.75. The Bertz CT molecular complexity index is 1520. The molecule has 0 radical (unpaired) electrons. The van der Waals surface area contributed by atoms with E-state index in [2.05, 4.69) is 57.8 Å². The largest absolute Gasteiger partial charge is 0.362 e. The van der Waals surface area contributed by atoms with Crippen molar-refractivity contribution in [2.75, 3.05) is 18.4 Å². The molecule has 0 bridgehead atoms. The normalized spacial score (nSPS) is 17.5. The fraction of sp³-hybridized carbons (Fsp3) is 0.182. The van der Waals surface area contributed by atoms with Crippen LogP contribution in [-0.2, 0) is 10.3 Å². The predicted octanol–water partition coefficient (Wildman–Crippen LogP) is 5.81. The average Bonchev–Trinajstić information content (AvgIpc) is 3.45. The van der Waals surface area contributed by atoms with Crippen LogP contribution < -0.4 is 5.32 Å². The molecule has 1 N–H and O–H groups in total. The highest BCUT2D eigenvalue weighted by Crippen LogP contribution is 2.43. The first kappa shape index (κ1) is 25.5. The summed E-state index contributed by atoms with van der Waals surface area (Å²) in [7, 11) is 0. The van der Waals surface area contributed by atoms with Crippen molar-refractivity contribution in [2.24, 2.45) is 0 Å². The molecule has 40 heavy (non-hydrogen) atoms. The lowest BCUT2D eigenvalue weighted by molar-refractivity contribution is -0.127. The van der Waals surface area contributed by atoms with Gasteiger partial charge < -0.3 is 14.8 Å². The van der Waals surface area contributed by atoms with Gasteiger partial charge in [-0.05, 0) is 35.3 Å². The number of benzene rings is 3. The van der Waals surface area contributed by atoms with Gasteiger partial charge in [-0.3, -0.25) is 4.79 Å². The van der Waals surface area contributed by atoms with Crippen LogP contribution >= 0.6 is 0 Å². The number of halogens is 1. The Hall–Kier alpha value is -4.78. The highest BCUT2D eigenvalue weighted by Gasteiger charge is 2.40. The number of likely N-dealkylation sites (tertiary alicyclic amines) is 1. The van der Waals surface area contributed by atoms with Crippen molar-refractivity contribution in [1.29, 1.82) is 0 Å². The zero-order chi connectivity index (χ0) is 27.5. The Labute approximate surface area is 232 Å². The quantitative estimate of drug-likeness (QED) is 0.213. The van der Waals surface area contributed by atoms with Crippen LogP contribution in [0.15, 0.2) is 122 Å². The predicted molar refractivity (Wildman–Crippen MR) is 156 cm³/mol. The molecule has 6 rings (SSSR count). The SMILES string of the molecule is C=CC(=O)N1CC[C@@H](F)[C@@H](Nc2ncnc3c2ccn3C(c2ccccc2)(c2ccccc2)c2ccccc2)C1. The van der Waals surface area contributed by atoms with E-state index in [9.17, 15) is 4.79 Å². The molecule has 5 aromatic rings. The fourth-order valence-electron chi connectivity index (χ4n) is 5.86. The lowest BCUT2D eigenvalue weighted by Gasteiger charge is -2.38. The average molecular weight is 532 g/mol. The van der Waals surface area contributed by atoms with Crippen LogP contribution in [-0.4, -0.2) is 50.6 Å². The highest BCUT2D eigenvalue weighted by atomic mass is 19.1. The zero-order valence-electron chi connectivity index (χ0n) is 22.0. The lowest BCUT2D eigenvalue weighted by Crippen LogP contribution is -2.50. The number of rotatable bonds is 7. The van der Waals surface area contributed by atoms with Gasteiger partial charge in [-0.15, -0.1) is 0 Å². The van der Waals surface area contributed by atoms with Crippen LogP contribution in [0.1, 0.15) is 23.1 Å². The van der Waals surface area contributed by atoms with Crippen LogP contribution in [0.5, 0.6) is 0 Å². The Morgan fingerprint density at radius 1 is 0.900 bits per heavy atom. The van der Waals surface area contributed by atoms with E-state index in [-0.39, 0.29) is 18.9 Å². The molecule has 0 aliphatic carbocycles. The van der Waals surface area contributed by atoms with Gasteiger partial charge in [0.05, 0.1) is 11.4 Å². The first-order valence-corrected chi connectivity index (χ1v) is 13.4. The van der Waals surface area contributed by atoms with Gasteiger partial charge in [-0.25, -0.2) is 14.4 Å². The molecule has 1 aliphatic heterocycles. The molecule has 1 fully saturated rings. The van der Waals surface area contributed by atoms with Gasteiger partial charge in [0.2, 0.25) is 5.91 Å². The van der Waals surface area contributed by atoms with Crippen LogP contribution in [0.3, 0.4) is 0 Å². The molecule has 0 spiro atoms. The molecular formula is C33H30FN5O. The summed E-state index contributed by atoms with van der Waals surface area (Å²) >= 11 is 0. The van der Waals surface area contributed by atoms with Crippen molar-refractivity contribution >= 4 is 22.8 Å². The van der Waals surface area contributed by atoms with Crippen molar-refractivity contribution in [2.45, 2.75) is 24.2 Å². The molecule has 1 saturated heterocycles. The summed E-state index contributed by atoms with van der Waals surface area (Å²) < 4.78 is 17.2. The van der Waals surface area contributed by atoms with Crippen LogP contribution in [0.4, 0.5) is 10.2 Å². The summed E-state index contributed by atoms with van der Waals surface area (Å²) in [6.07, 6.45) is 3.95. The number of anilines is 1. The monoisotopic (exact) mass is 531 g/mol. The highest BCUT2D eigenvalue weighted by molar-refractivity contribution is 5.89. The van der Waals surface area contributed by atoms with Gasteiger partial charge >= 0.3 is 0 Å². The lowest BCUT2D eigenvalue weighted by atomic mass is 9.76. The topological polar surface area (TPSA) is 63.1 Å². The number of hydrogen-bond acceptors (Lipinski definition) is 4. The van der Waals surface area contributed by atoms with Crippen molar-refractivity contribution in [3.05, 3.63) is 139 Å². The molecule has 3 heterocycles. The van der Waals surface area contributed by atoms with Gasteiger partial charge in [0.25, 0.3) is 0 Å². The molecule has 6 nitrogen and oxygen atoms in total. The van der Waals surface area contributed by atoms with E-state index in [1.54, 1.807) is 4.90 Å². The summed E-state index contributed by atoms with van der Waals surface area (Å²) in [5.74, 6) is 0.337. The zero-order valence-corrected chi connectivity index (χ0v) is 22.0. The first-order valence-electron chi connectivity index (χ1n) is 13.4. The molecule has 1 aliphatic rings. The van der Waals surface area contributed by atoms with Crippen LogP contribution in [0.2, 0.25) is 0 Å². The number of aromatic nitrogens is 3. The van der Waals surface area contributed by atoms with Crippen molar-refractivity contribution in [3.8, 4) is 0 Å². The number of piperidine rings is 1. The number of hydrogen-bond donors (Lipinski definition) is 1. The summed E-state index contributed by atoms with van der Waals surface area (Å²) in [5, 5.41) is 4.07. The molecule has 1 amide bonds. The number of nitrogens with zero attached hydrogens (tertiary/aromatic N) is 4. The second-order valence-electron chi connectivity index (χ2n) is 10.00. The summed E-state index contributed by atoms with van der Waals surface area (Å²) in [5.41, 5.74) is 3.20. The van der Waals surface area contributed by atoms with E-state index in [0.717, 1.165) is 22.1 Å². The number of amides is 1. The maximum absolute atomic E-state index is 15.1. The number of carbonyl (C=O) groups is 1. The fourth-order valence-corrected chi connectivity index (χ4v) is 5.86. The maximum Gasteiger partial charge on any atom is 0.246 e. The van der Waals surface area contributed by atoms with Gasteiger partial charge in [0.1, 0.15) is 29.5 Å². The number of nitrogens with one attached hydrogen (secondary N) is 1. The Morgan fingerprint density at radius 2 is 1.48 bits per heavy atom. The smallest absolute Gasteiger partial charge is 0.246 e. The Balaban J connectivity index is 1.52. The second-order valence-corrected chi connectivity index (χ2v) is 10.00. The summed E-state index contributed by atoms with van der Waals surface area (Å²) in [6, 6.07) is 32.5. The standard InChI is InChI=1S/C33H30FN5O/c1-2-30(40)38-20-19-28(34)29(22-38)37-31-27-18-21-39(32(27)36-23-35-31)33(24-12-6-3-7-13-24,25-14-8-4-9-15-25)26-16-10-5-11-17-26/h2-18,21,23,28-29H,1,19-20,22H2,(H,35,36,37)/t28-,29+/m1/s1. The molecular weight excluding hydrogens is 501 g/mol. The summed E-state index contributed by atoms with van der Waals surface area (Å²) in [4.78, 5) is 23.1. The number of fused-ring (bicyclic) bond motifs is 1. The van der Waals surface area contributed by atoms with E-state index in [1.807, 2.05) is 66.9 Å². The van der Waals surface area contributed by atoms with Gasteiger partial charge in [0, 0.05) is 19.3 Å². The molecule has 200 valence electrons. The Kier molecular flexibility index (Phi) is 6.86. The number of carbonyl (C=O) groups excluding carboxylic acids is 1. The van der Waals surface area contributed by atoms with Gasteiger partial charge in [0.15, 0.2) is 0 Å². The minimum absolute atomic E-state index is 0.198. The minimum Gasteiger partial charge on any atom is -0.362 e. The second kappa shape index (κ2) is 10.8.